The Morgan fingerprint density at radius 1 is 1.10 bits per heavy atom. The second-order valence-corrected chi connectivity index (χ2v) is 19.8. The summed E-state index contributed by atoms with van der Waals surface area (Å²) in [5.41, 5.74) is 3.56. The largest absolute Gasteiger partial charge is 0.495 e. The summed E-state index contributed by atoms with van der Waals surface area (Å²) in [5, 5.41) is 5.97. The summed E-state index contributed by atoms with van der Waals surface area (Å²) < 4.78 is 32.5. The number of piperidine rings is 1. The van der Waals surface area contributed by atoms with Crippen LogP contribution in [0.15, 0.2) is 65.7 Å². The Bertz CT molecular complexity index is 1640. The van der Waals surface area contributed by atoms with Crippen LogP contribution in [0.1, 0.15) is 30.2 Å². The van der Waals surface area contributed by atoms with Gasteiger partial charge in [0.05, 0.1) is 44.4 Å². The van der Waals surface area contributed by atoms with Gasteiger partial charge in [-0.3, -0.25) is 0 Å². The van der Waals surface area contributed by atoms with E-state index in [0.717, 1.165) is 39.7 Å². The molecular weight excluding hydrogens is 541 g/mol. The lowest BCUT2D eigenvalue weighted by Gasteiger charge is -2.50. The van der Waals surface area contributed by atoms with Gasteiger partial charge in [0.25, 0.3) is 0 Å². The molecule has 6 rings (SSSR count). The van der Waals surface area contributed by atoms with Gasteiger partial charge >= 0.3 is 0 Å². The maximum absolute atomic E-state index is 12.4. The number of hydrogen-bond donors (Lipinski definition) is 0. The maximum Gasteiger partial charge on any atom is 0.234 e. The van der Waals surface area contributed by atoms with Crippen molar-refractivity contribution < 1.29 is 18.0 Å². The number of hydrogen-bond acceptors (Lipinski definition) is 7. The van der Waals surface area contributed by atoms with E-state index in [4.69, 9.17) is 9.57 Å². The van der Waals surface area contributed by atoms with Crippen molar-refractivity contribution in [2.45, 2.75) is 45.6 Å². The second-order valence-electron chi connectivity index (χ2n) is 12.6. The number of aryl methyl sites for hydroxylation is 1. The van der Waals surface area contributed by atoms with Crippen molar-refractivity contribution in [1.82, 2.24) is 14.5 Å². The van der Waals surface area contributed by atoms with E-state index in [1.165, 1.54) is 5.19 Å². The topological polar surface area (TPSA) is 86.0 Å². The molecule has 1 spiro atoms. The van der Waals surface area contributed by atoms with Crippen LogP contribution in [0.4, 0.5) is 0 Å². The quantitative estimate of drug-likeness (QED) is 0.417. The van der Waals surface area contributed by atoms with Crippen molar-refractivity contribution in [3.05, 3.63) is 77.4 Å². The zero-order chi connectivity index (χ0) is 28.5. The molecule has 0 bridgehead atoms. The van der Waals surface area contributed by atoms with E-state index in [9.17, 15) is 8.42 Å². The minimum Gasteiger partial charge on any atom is -0.495 e. The van der Waals surface area contributed by atoms with E-state index in [0.29, 0.717) is 13.0 Å². The highest BCUT2D eigenvalue weighted by molar-refractivity contribution is 7.92. The van der Waals surface area contributed by atoms with E-state index < -0.39 is 23.6 Å². The van der Waals surface area contributed by atoms with Gasteiger partial charge in [0, 0.05) is 30.6 Å². The van der Waals surface area contributed by atoms with Crippen LogP contribution >= 0.6 is 0 Å². The van der Waals surface area contributed by atoms with Crippen molar-refractivity contribution in [3.63, 3.8) is 0 Å². The molecule has 0 saturated carbocycles. The fourth-order valence-corrected chi connectivity index (χ4v) is 9.54. The van der Waals surface area contributed by atoms with Gasteiger partial charge in [0.2, 0.25) is 5.72 Å². The van der Waals surface area contributed by atoms with Crippen LogP contribution < -0.4 is 9.92 Å². The third-order valence-corrected chi connectivity index (χ3v) is 12.5. The molecule has 40 heavy (non-hydrogen) atoms. The number of nitrogens with zero attached hydrogens (tertiary/aromatic N) is 4. The molecule has 1 aromatic heterocycles. The van der Waals surface area contributed by atoms with Crippen LogP contribution in [0.5, 0.6) is 5.75 Å². The average molecular weight is 577 g/mol. The summed E-state index contributed by atoms with van der Waals surface area (Å²) in [6, 6.07) is 14.7. The maximum atomic E-state index is 12.4. The molecular formula is C30H36N4O4SSi. The molecule has 10 heteroatoms. The molecule has 4 heterocycles. The fourth-order valence-electron chi connectivity index (χ4n) is 6.20. The molecule has 2 aromatic carbocycles. The standard InChI is InChI=1S/C30H36N4O4SSi/c1-21-16-33(20-31-21)26-12-7-22(14-27(26)37-3)13-23-15-30(18-39(35,36)19-30)17-34-28(23)32-38-29(34,2)24-8-10-25(11-9-24)40(4,5)6/h7-14,16,20H,15,17-19H2,1-6H3. The Balaban J connectivity index is 1.38. The molecule has 2 saturated heterocycles. The Labute approximate surface area is 237 Å². The van der Waals surface area contributed by atoms with E-state index in [1.54, 1.807) is 13.4 Å². The Morgan fingerprint density at radius 2 is 1.82 bits per heavy atom. The lowest BCUT2D eigenvalue weighted by molar-refractivity contribution is -0.101. The van der Waals surface area contributed by atoms with Crippen LogP contribution in [0.2, 0.25) is 19.6 Å². The molecule has 1 atom stereocenters. The summed E-state index contributed by atoms with van der Waals surface area (Å²) in [4.78, 5) is 12.7. The highest BCUT2D eigenvalue weighted by atomic mass is 32.2. The number of rotatable bonds is 5. The summed E-state index contributed by atoms with van der Waals surface area (Å²) in [6.07, 6.45) is 6.44. The van der Waals surface area contributed by atoms with Crippen molar-refractivity contribution in [2.24, 2.45) is 10.6 Å². The number of sulfone groups is 1. The predicted molar refractivity (Wildman–Crippen MR) is 161 cm³/mol. The number of ether oxygens (including phenoxy) is 1. The highest BCUT2D eigenvalue weighted by Gasteiger charge is 2.58. The molecule has 8 nitrogen and oxygen atoms in total. The molecule has 3 aromatic rings. The van der Waals surface area contributed by atoms with E-state index >= 15 is 0 Å². The van der Waals surface area contributed by atoms with Gasteiger partial charge in [0.1, 0.15) is 5.75 Å². The summed E-state index contributed by atoms with van der Waals surface area (Å²) >= 11 is 0. The third kappa shape index (κ3) is 4.56. The smallest absolute Gasteiger partial charge is 0.234 e. The molecule has 3 aliphatic heterocycles. The number of fused-ring (bicyclic) bond motifs is 1. The molecule has 2 fully saturated rings. The minimum absolute atomic E-state index is 0.175. The number of methoxy groups -OCH3 is 1. The van der Waals surface area contributed by atoms with Gasteiger partial charge in [0.15, 0.2) is 15.7 Å². The Morgan fingerprint density at radius 3 is 2.42 bits per heavy atom. The Kier molecular flexibility index (Phi) is 6.08. The normalized spacial score (nSPS) is 23.9. The summed E-state index contributed by atoms with van der Waals surface area (Å²) in [6.45, 7) is 11.6. The van der Waals surface area contributed by atoms with Crippen molar-refractivity contribution in [3.8, 4) is 11.4 Å². The SMILES string of the molecule is COc1cc(C=C2CC3(CN4C2=NOC4(C)c2ccc([Si](C)(C)C)cc2)CS(=O)(=O)C3)ccc1-n1cnc(C)c1. The molecule has 0 amide bonds. The first-order valence-corrected chi connectivity index (χ1v) is 18.9. The van der Waals surface area contributed by atoms with Crippen LogP contribution in [0, 0.1) is 12.3 Å². The Hall–Kier alpha value is -3.37. The van der Waals surface area contributed by atoms with Gasteiger partial charge < -0.3 is 19.0 Å². The zero-order valence-corrected chi connectivity index (χ0v) is 25.7. The summed E-state index contributed by atoms with van der Waals surface area (Å²) in [5.74, 6) is 1.83. The zero-order valence-electron chi connectivity index (χ0n) is 23.9. The molecule has 3 aliphatic rings. The second kappa shape index (κ2) is 9.07. The van der Waals surface area contributed by atoms with E-state index in [-0.39, 0.29) is 16.9 Å². The van der Waals surface area contributed by atoms with Crippen LogP contribution in [0.3, 0.4) is 0 Å². The van der Waals surface area contributed by atoms with Crippen LogP contribution in [-0.2, 0) is 20.4 Å². The first kappa shape index (κ1) is 26.8. The molecule has 210 valence electrons. The molecule has 0 radical (unpaired) electrons. The first-order chi connectivity index (χ1) is 18.8. The number of imidazole rings is 1. The van der Waals surface area contributed by atoms with Gasteiger partial charge in [-0.15, -0.1) is 0 Å². The van der Waals surface area contributed by atoms with Gasteiger partial charge in [-0.2, -0.15) is 0 Å². The molecule has 1 unspecified atom stereocenters. The van der Waals surface area contributed by atoms with Gasteiger partial charge in [-0.1, -0.05) is 60.3 Å². The fraction of sp³-hybridized carbons (Fsp3) is 0.400. The van der Waals surface area contributed by atoms with Crippen molar-refractivity contribution in [2.75, 3.05) is 25.2 Å². The van der Waals surface area contributed by atoms with Crippen LogP contribution in [0.25, 0.3) is 11.8 Å². The lowest BCUT2D eigenvalue weighted by Crippen LogP contribution is -2.62. The highest BCUT2D eigenvalue weighted by Crippen LogP contribution is 2.49. The molecule has 0 aliphatic carbocycles. The van der Waals surface area contributed by atoms with E-state index in [1.807, 2.05) is 42.8 Å². The number of oxime groups is 1. The van der Waals surface area contributed by atoms with Gasteiger partial charge in [-0.25, -0.2) is 13.4 Å². The van der Waals surface area contributed by atoms with Crippen molar-refractivity contribution in [1.29, 1.82) is 0 Å². The first-order valence-electron chi connectivity index (χ1n) is 13.6. The van der Waals surface area contributed by atoms with Gasteiger partial charge in [-0.05, 0) is 42.7 Å². The summed E-state index contributed by atoms with van der Waals surface area (Å²) in [7, 11) is -2.84. The number of aromatic nitrogens is 2. The number of amidine groups is 1. The minimum atomic E-state index is -3.04. The number of benzene rings is 2. The van der Waals surface area contributed by atoms with Crippen LogP contribution in [-0.4, -0.2) is 61.9 Å². The lowest BCUT2D eigenvalue weighted by atomic mass is 9.78. The predicted octanol–water partition coefficient (Wildman–Crippen LogP) is 4.46. The molecule has 0 N–H and O–H groups in total. The average Bonchev–Trinajstić information content (AvgIpc) is 3.46. The van der Waals surface area contributed by atoms with Crippen molar-refractivity contribution >= 4 is 35.0 Å². The third-order valence-electron chi connectivity index (χ3n) is 8.30. The van der Waals surface area contributed by atoms with E-state index in [2.05, 4.69) is 65.0 Å². The monoisotopic (exact) mass is 576 g/mol.